The zero-order chi connectivity index (χ0) is 23.8. The standard InChI is InChI=1S/C24H37N3O5S/c1-18(2)23(24(29)26-19-10-5-3-6-11-19)27(17-20-12-9-15-32-20)22(28)16-25-33(30,31)21-13-7-4-8-14-21/h4,7-8,13-14,18-20,23,25H,3,5-6,9-12,15-17H2,1-2H3,(H,26,29). The van der Waals surface area contributed by atoms with Crippen molar-refractivity contribution in [2.45, 2.75) is 81.9 Å². The summed E-state index contributed by atoms with van der Waals surface area (Å²) in [4.78, 5) is 28.2. The van der Waals surface area contributed by atoms with Gasteiger partial charge in [-0.1, -0.05) is 51.3 Å². The molecule has 1 aromatic rings. The molecule has 1 saturated carbocycles. The number of nitrogens with one attached hydrogen (secondary N) is 2. The molecule has 3 rings (SSSR count). The highest BCUT2D eigenvalue weighted by atomic mass is 32.2. The summed E-state index contributed by atoms with van der Waals surface area (Å²) in [6.07, 6.45) is 6.85. The van der Waals surface area contributed by atoms with E-state index in [2.05, 4.69) is 10.0 Å². The lowest BCUT2D eigenvalue weighted by Gasteiger charge is -2.36. The van der Waals surface area contributed by atoms with Crippen molar-refractivity contribution in [1.82, 2.24) is 14.9 Å². The van der Waals surface area contributed by atoms with Gasteiger partial charge < -0.3 is 15.0 Å². The number of nitrogens with zero attached hydrogens (tertiary/aromatic N) is 1. The van der Waals surface area contributed by atoms with E-state index < -0.39 is 28.5 Å². The quantitative estimate of drug-likeness (QED) is 0.536. The SMILES string of the molecule is CC(C)C(C(=O)NC1CCCCC1)N(CC1CCCO1)C(=O)CNS(=O)(=O)c1ccccc1. The molecule has 1 aromatic carbocycles. The number of ether oxygens (including phenoxy) is 1. The Morgan fingerprint density at radius 1 is 1.06 bits per heavy atom. The molecular formula is C24H37N3O5S. The molecule has 0 spiro atoms. The van der Waals surface area contributed by atoms with Crippen LogP contribution < -0.4 is 10.0 Å². The van der Waals surface area contributed by atoms with Crippen molar-refractivity contribution in [3.8, 4) is 0 Å². The molecule has 9 heteroatoms. The first kappa shape index (κ1) is 25.6. The first-order valence-corrected chi connectivity index (χ1v) is 13.5. The van der Waals surface area contributed by atoms with Crippen molar-refractivity contribution in [2.75, 3.05) is 19.7 Å². The molecule has 2 aliphatic rings. The molecule has 184 valence electrons. The van der Waals surface area contributed by atoms with Crippen LogP contribution >= 0.6 is 0 Å². The van der Waals surface area contributed by atoms with Crippen LogP contribution in [0.25, 0.3) is 0 Å². The average molecular weight is 480 g/mol. The van der Waals surface area contributed by atoms with Crippen LogP contribution in [0.2, 0.25) is 0 Å². The Balaban J connectivity index is 1.74. The summed E-state index contributed by atoms with van der Waals surface area (Å²) in [7, 11) is -3.83. The maximum atomic E-state index is 13.3. The van der Waals surface area contributed by atoms with Crippen LogP contribution in [0.5, 0.6) is 0 Å². The Morgan fingerprint density at radius 3 is 2.36 bits per heavy atom. The van der Waals surface area contributed by atoms with Crippen molar-refractivity contribution in [2.24, 2.45) is 5.92 Å². The smallest absolute Gasteiger partial charge is 0.243 e. The second-order valence-electron chi connectivity index (χ2n) is 9.35. The minimum absolute atomic E-state index is 0.0962. The normalized spacial score (nSPS) is 20.5. The van der Waals surface area contributed by atoms with Gasteiger partial charge in [0.15, 0.2) is 0 Å². The van der Waals surface area contributed by atoms with E-state index in [-0.39, 0.29) is 35.4 Å². The minimum atomic E-state index is -3.83. The molecule has 8 nitrogen and oxygen atoms in total. The molecule has 2 N–H and O–H groups in total. The third-order valence-electron chi connectivity index (χ3n) is 6.40. The number of rotatable bonds is 10. The lowest BCUT2D eigenvalue weighted by Crippen LogP contribution is -2.57. The van der Waals surface area contributed by atoms with Crippen molar-refractivity contribution < 1.29 is 22.7 Å². The van der Waals surface area contributed by atoms with E-state index in [0.717, 1.165) is 38.5 Å². The van der Waals surface area contributed by atoms with Crippen LogP contribution in [0.1, 0.15) is 58.8 Å². The molecule has 1 aliphatic heterocycles. The second kappa shape index (κ2) is 11.9. The van der Waals surface area contributed by atoms with Crippen LogP contribution in [-0.4, -0.2) is 63.0 Å². The Kier molecular flexibility index (Phi) is 9.28. The van der Waals surface area contributed by atoms with Gasteiger partial charge in [0.25, 0.3) is 0 Å². The summed E-state index contributed by atoms with van der Waals surface area (Å²) in [5.74, 6) is -0.735. The summed E-state index contributed by atoms with van der Waals surface area (Å²) in [6, 6.07) is 7.38. The third-order valence-corrected chi connectivity index (χ3v) is 7.82. The van der Waals surface area contributed by atoms with E-state index in [9.17, 15) is 18.0 Å². The Labute approximate surface area is 197 Å². The highest BCUT2D eigenvalue weighted by Gasteiger charge is 2.36. The van der Waals surface area contributed by atoms with Gasteiger partial charge in [-0.2, -0.15) is 0 Å². The maximum absolute atomic E-state index is 13.3. The zero-order valence-corrected chi connectivity index (χ0v) is 20.5. The fraction of sp³-hybridized carbons (Fsp3) is 0.667. The summed E-state index contributed by atoms with van der Waals surface area (Å²) in [5.41, 5.74) is 0. The molecule has 2 fully saturated rings. The average Bonchev–Trinajstić information content (AvgIpc) is 3.31. The summed E-state index contributed by atoms with van der Waals surface area (Å²) in [6.45, 7) is 4.31. The number of benzene rings is 1. The van der Waals surface area contributed by atoms with E-state index in [1.807, 2.05) is 13.8 Å². The van der Waals surface area contributed by atoms with Gasteiger partial charge in [-0.3, -0.25) is 9.59 Å². The molecule has 1 heterocycles. The first-order valence-electron chi connectivity index (χ1n) is 12.0. The number of hydrogen-bond acceptors (Lipinski definition) is 5. The predicted octanol–water partition coefficient (Wildman–Crippen LogP) is 2.45. The topological polar surface area (TPSA) is 105 Å². The Hall–Kier alpha value is -1.97. The van der Waals surface area contributed by atoms with Crippen molar-refractivity contribution >= 4 is 21.8 Å². The predicted molar refractivity (Wildman–Crippen MR) is 126 cm³/mol. The molecule has 0 bridgehead atoms. The van der Waals surface area contributed by atoms with Gasteiger partial charge in [0, 0.05) is 19.2 Å². The van der Waals surface area contributed by atoms with Crippen LogP contribution in [-0.2, 0) is 24.3 Å². The Morgan fingerprint density at radius 2 is 1.76 bits per heavy atom. The molecule has 2 unspecified atom stereocenters. The van der Waals surface area contributed by atoms with Gasteiger partial charge >= 0.3 is 0 Å². The van der Waals surface area contributed by atoms with E-state index in [1.54, 1.807) is 18.2 Å². The fourth-order valence-electron chi connectivity index (χ4n) is 4.66. The lowest BCUT2D eigenvalue weighted by atomic mass is 9.94. The minimum Gasteiger partial charge on any atom is -0.376 e. The van der Waals surface area contributed by atoms with E-state index in [1.165, 1.54) is 23.5 Å². The van der Waals surface area contributed by atoms with Crippen molar-refractivity contribution in [3.05, 3.63) is 30.3 Å². The number of carbonyl (C=O) groups excluding carboxylic acids is 2. The number of amides is 2. The van der Waals surface area contributed by atoms with E-state index >= 15 is 0 Å². The van der Waals surface area contributed by atoms with Crippen LogP contribution in [0.3, 0.4) is 0 Å². The molecule has 1 aliphatic carbocycles. The highest BCUT2D eigenvalue weighted by molar-refractivity contribution is 7.89. The largest absolute Gasteiger partial charge is 0.376 e. The van der Waals surface area contributed by atoms with Gasteiger partial charge in [-0.05, 0) is 43.7 Å². The molecule has 0 aromatic heterocycles. The zero-order valence-electron chi connectivity index (χ0n) is 19.7. The number of hydrogen-bond donors (Lipinski definition) is 2. The van der Waals surface area contributed by atoms with Gasteiger partial charge in [-0.25, -0.2) is 13.1 Å². The van der Waals surface area contributed by atoms with Crippen LogP contribution in [0.15, 0.2) is 35.2 Å². The molecular weight excluding hydrogens is 442 g/mol. The monoisotopic (exact) mass is 479 g/mol. The summed E-state index contributed by atoms with van der Waals surface area (Å²) in [5, 5.41) is 3.15. The lowest BCUT2D eigenvalue weighted by molar-refractivity contribution is -0.143. The summed E-state index contributed by atoms with van der Waals surface area (Å²) >= 11 is 0. The Bertz CT molecular complexity index is 879. The van der Waals surface area contributed by atoms with Crippen LogP contribution in [0.4, 0.5) is 0 Å². The number of sulfonamides is 1. The highest BCUT2D eigenvalue weighted by Crippen LogP contribution is 2.21. The van der Waals surface area contributed by atoms with Gasteiger partial charge in [0.2, 0.25) is 21.8 Å². The van der Waals surface area contributed by atoms with Gasteiger partial charge in [0.05, 0.1) is 17.5 Å². The molecule has 2 atom stereocenters. The van der Waals surface area contributed by atoms with Crippen molar-refractivity contribution in [1.29, 1.82) is 0 Å². The van der Waals surface area contributed by atoms with Crippen LogP contribution in [0, 0.1) is 5.92 Å². The van der Waals surface area contributed by atoms with Gasteiger partial charge in [0.1, 0.15) is 6.04 Å². The fourth-order valence-corrected chi connectivity index (χ4v) is 5.65. The second-order valence-corrected chi connectivity index (χ2v) is 11.1. The molecule has 2 amide bonds. The van der Waals surface area contributed by atoms with E-state index in [4.69, 9.17) is 4.74 Å². The number of carbonyl (C=O) groups is 2. The third kappa shape index (κ3) is 7.25. The first-order chi connectivity index (χ1) is 15.8. The van der Waals surface area contributed by atoms with E-state index in [0.29, 0.717) is 6.61 Å². The summed E-state index contributed by atoms with van der Waals surface area (Å²) < 4.78 is 33.4. The molecule has 0 radical (unpaired) electrons. The molecule has 1 saturated heterocycles. The molecule has 33 heavy (non-hydrogen) atoms. The maximum Gasteiger partial charge on any atom is 0.243 e. The van der Waals surface area contributed by atoms with Gasteiger partial charge in [-0.15, -0.1) is 0 Å². The van der Waals surface area contributed by atoms with Crippen molar-refractivity contribution in [3.63, 3.8) is 0 Å².